The number of fused-ring (bicyclic) bond motifs is 4. The normalized spacial score (nSPS) is 32.1. The Balaban J connectivity index is 1.73. The van der Waals surface area contributed by atoms with E-state index in [-0.39, 0.29) is 0 Å². The van der Waals surface area contributed by atoms with Crippen LogP contribution in [0.1, 0.15) is 24.5 Å². The van der Waals surface area contributed by atoms with Crippen molar-refractivity contribution in [2.75, 3.05) is 19.6 Å². The second-order valence-electron chi connectivity index (χ2n) is 5.19. The van der Waals surface area contributed by atoms with E-state index >= 15 is 0 Å². The zero-order valence-electron chi connectivity index (χ0n) is 9.67. The first-order chi connectivity index (χ1) is 8.40. The predicted molar refractivity (Wildman–Crippen MR) is 63.7 cm³/mol. The van der Waals surface area contributed by atoms with Gasteiger partial charge in [0.1, 0.15) is 5.52 Å². The van der Waals surface area contributed by atoms with Crippen LogP contribution in [0.2, 0.25) is 0 Å². The fraction of sp³-hybridized carbons (Fsp3) is 0.538. The van der Waals surface area contributed by atoms with Crippen molar-refractivity contribution in [3.8, 4) is 0 Å². The zero-order valence-corrected chi connectivity index (χ0v) is 9.67. The third-order valence-electron chi connectivity index (χ3n) is 4.27. The SMILES string of the molecule is c1cc2oncc2nc1C1CN2CCC1CC2. The number of hydrogen-bond donors (Lipinski definition) is 0. The Bertz CT molecular complexity index is 542. The molecule has 88 valence electrons. The van der Waals surface area contributed by atoms with E-state index in [1.54, 1.807) is 6.20 Å². The summed E-state index contributed by atoms with van der Waals surface area (Å²) in [4.78, 5) is 7.25. The Kier molecular flexibility index (Phi) is 1.99. The van der Waals surface area contributed by atoms with Crippen molar-refractivity contribution in [1.82, 2.24) is 15.0 Å². The molecule has 3 aliphatic heterocycles. The number of nitrogens with zero attached hydrogens (tertiary/aromatic N) is 3. The molecule has 1 unspecified atom stereocenters. The highest BCUT2D eigenvalue weighted by atomic mass is 16.5. The molecule has 1 atom stereocenters. The van der Waals surface area contributed by atoms with Crippen molar-refractivity contribution in [3.63, 3.8) is 0 Å². The van der Waals surface area contributed by atoms with Gasteiger partial charge in [-0.25, -0.2) is 4.98 Å². The molecule has 2 aromatic heterocycles. The quantitative estimate of drug-likeness (QED) is 0.750. The molecule has 2 aromatic rings. The first-order valence-electron chi connectivity index (χ1n) is 6.34. The van der Waals surface area contributed by atoms with Crippen LogP contribution < -0.4 is 0 Å². The Morgan fingerprint density at radius 3 is 2.88 bits per heavy atom. The van der Waals surface area contributed by atoms with Crippen LogP contribution in [-0.2, 0) is 0 Å². The molecule has 3 aliphatic rings. The molecule has 0 spiro atoms. The summed E-state index contributed by atoms with van der Waals surface area (Å²) in [5.41, 5.74) is 2.89. The molecule has 0 N–H and O–H groups in total. The lowest BCUT2D eigenvalue weighted by atomic mass is 9.77. The first kappa shape index (κ1) is 9.59. The summed E-state index contributed by atoms with van der Waals surface area (Å²) in [5.74, 6) is 1.43. The fourth-order valence-electron chi connectivity index (χ4n) is 3.29. The molecule has 0 aromatic carbocycles. The van der Waals surface area contributed by atoms with Crippen LogP contribution in [0.25, 0.3) is 11.1 Å². The Labute approximate surface area is 99.6 Å². The van der Waals surface area contributed by atoms with Gasteiger partial charge in [-0.3, -0.25) is 0 Å². The summed E-state index contributed by atoms with van der Waals surface area (Å²) >= 11 is 0. The van der Waals surface area contributed by atoms with Gasteiger partial charge in [0.2, 0.25) is 0 Å². The summed E-state index contributed by atoms with van der Waals surface area (Å²) < 4.78 is 5.10. The fourth-order valence-corrected chi connectivity index (χ4v) is 3.29. The summed E-state index contributed by atoms with van der Waals surface area (Å²) in [6, 6.07) is 4.11. The van der Waals surface area contributed by atoms with Crippen LogP contribution in [0.5, 0.6) is 0 Å². The molecular weight excluding hydrogens is 214 g/mol. The van der Waals surface area contributed by atoms with Crippen LogP contribution in [0.3, 0.4) is 0 Å². The number of pyridine rings is 1. The van der Waals surface area contributed by atoms with E-state index in [0.29, 0.717) is 5.92 Å². The van der Waals surface area contributed by atoms with Gasteiger partial charge in [-0.05, 0) is 44.0 Å². The van der Waals surface area contributed by atoms with Crippen molar-refractivity contribution in [2.45, 2.75) is 18.8 Å². The largest absolute Gasteiger partial charge is 0.355 e. The number of piperidine rings is 3. The highest BCUT2D eigenvalue weighted by Crippen LogP contribution is 2.38. The number of aromatic nitrogens is 2. The molecule has 17 heavy (non-hydrogen) atoms. The van der Waals surface area contributed by atoms with Crippen LogP contribution in [0.4, 0.5) is 0 Å². The molecule has 2 bridgehead atoms. The highest BCUT2D eigenvalue weighted by molar-refractivity contribution is 5.70. The second kappa shape index (κ2) is 3.53. The van der Waals surface area contributed by atoms with Crippen molar-refractivity contribution in [2.24, 2.45) is 5.92 Å². The molecule has 0 amide bonds. The van der Waals surface area contributed by atoms with E-state index in [9.17, 15) is 0 Å². The maximum absolute atomic E-state index is 5.10. The van der Waals surface area contributed by atoms with E-state index in [2.05, 4.69) is 16.1 Å². The third kappa shape index (κ3) is 1.47. The van der Waals surface area contributed by atoms with Gasteiger partial charge in [0.15, 0.2) is 5.58 Å². The first-order valence-corrected chi connectivity index (χ1v) is 6.34. The predicted octanol–water partition coefficient (Wildman–Crippen LogP) is 2.03. The Hall–Kier alpha value is -1.42. The van der Waals surface area contributed by atoms with Gasteiger partial charge in [0.25, 0.3) is 0 Å². The lowest BCUT2D eigenvalue weighted by molar-refractivity contribution is 0.0856. The summed E-state index contributed by atoms with van der Waals surface area (Å²) in [6.07, 6.45) is 4.36. The van der Waals surface area contributed by atoms with Gasteiger partial charge in [-0.2, -0.15) is 0 Å². The Morgan fingerprint density at radius 1 is 1.24 bits per heavy atom. The van der Waals surface area contributed by atoms with Gasteiger partial charge in [-0.1, -0.05) is 5.16 Å². The molecule has 5 heterocycles. The molecule has 5 rings (SSSR count). The third-order valence-corrected chi connectivity index (χ3v) is 4.27. The second-order valence-corrected chi connectivity index (χ2v) is 5.19. The summed E-state index contributed by atoms with van der Waals surface area (Å²) in [7, 11) is 0. The summed E-state index contributed by atoms with van der Waals surface area (Å²) in [6.45, 7) is 3.72. The minimum absolute atomic E-state index is 0.608. The maximum Gasteiger partial charge on any atom is 0.185 e. The van der Waals surface area contributed by atoms with Gasteiger partial charge in [0, 0.05) is 18.2 Å². The number of rotatable bonds is 1. The molecule has 0 aliphatic carbocycles. The van der Waals surface area contributed by atoms with Gasteiger partial charge < -0.3 is 9.42 Å². The van der Waals surface area contributed by atoms with Gasteiger partial charge in [0.05, 0.1) is 6.20 Å². The van der Waals surface area contributed by atoms with Crippen molar-refractivity contribution >= 4 is 11.1 Å². The average molecular weight is 229 g/mol. The van der Waals surface area contributed by atoms with Crippen LogP contribution in [0.15, 0.2) is 22.9 Å². The minimum Gasteiger partial charge on any atom is -0.355 e. The molecule has 0 saturated carbocycles. The van der Waals surface area contributed by atoms with Crippen molar-refractivity contribution < 1.29 is 4.52 Å². The average Bonchev–Trinajstić information content (AvgIpc) is 2.87. The molecule has 4 heteroatoms. The molecule has 3 saturated heterocycles. The Morgan fingerprint density at radius 2 is 2.12 bits per heavy atom. The van der Waals surface area contributed by atoms with E-state index in [1.165, 1.54) is 38.2 Å². The van der Waals surface area contributed by atoms with Crippen molar-refractivity contribution in [3.05, 3.63) is 24.0 Å². The van der Waals surface area contributed by atoms with Gasteiger partial charge in [-0.15, -0.1) is 0 Å². The van der Waals surface area contributed by atoms with Crippen molar-refractivity contribution in [1.29, 1.82) is 0 Å². The maximum atomic E-state index is 5.10. The topological polar surface area (TPSA) is 42.2 Å². The minimum atomic E-state index is 0.608. The van der Waals surface area contributed by atoms with E-state index in [0.717, 1.165) is 17.0 Å². The smallest absolute Gasteiger partial charge is 0.185 e. The van der Waals surface area contributed by atoms with Crippen LogP contribution in [0, 0.1) is 5.92 Å². The monoisotopic (exact) mass is 229 g/mol. The molecule has 3 fully saturated rings. The highest BCUT2D eigenvalue weighted by Gasteiger charge is 2.35. The number of hydrogen-bond acceptors (Lipinski definition) is 4. The molecule has 0 radical (unpaired) electrons. The van der Waals surface area contributed by atoms with E-state index in [4.69, 9.17) is 9.51 Å². The summed E-state index contributed by atoms with van der Waals surface area (Å²) in [5, 5.41) is 3.79. The van der Waals surface area contributed by atoms with E-state index in [1.807, 2.05) is 6.07 Å². The van der Waals surface area contributed by atoms with Crippen LogP contribution >= 0.6 is 0 Å². The zero-order chi connectivity index (χ0) is 11.2. The van der Waals surface area contributed by atoms with Crippen LogP contribution in [-0.4, -0.2) is 34.7 Å². The van der Waals surface area contributed by atoms with E-state index < -0.39 is 0 Å². The van der Waals surface area contributed by atoms with Gasteiger partial charge >= 0.3 is 0 Å². The lowest BCUT2D eigenvalue weighted by Crippen LogP contribution is -2.46. The standard InChI is InChI=1S/C13H15N3O/c1-2-13-12(7-14-17-13)15-11(1)10-8-16-5-3-9(10)4-6-16/h1-2,7,9-10H,3-6,8H2. The lowest BCUT2D eigenvalue weighted by Gasteiger charge is -2.44. The molecular formula is C13H15N3O. The molecule has 4 nitrogen and oxygen atoms in total.